The molecule has 444 valence electrons. The van der Waals surface area contributed by atoms with Gasteiger partial charge in [0, 0.05) is 54.2 Å². The number of pyridine rings is 5. The largest absolute Gasteiger partial charge is 0.487 e. The number of nitrogens with zero attached hydrogens (tertiary/aromatic N) is 7. The van der Waals surface area contributed by atoms with Gasteiger partial charge in [-0.1, -0.05) is 0 Å². The number of primary amides is 1. The first kappa shape index (κ1) is 61.2. The predicted molar refractivity (Wildman–Crippen MR) is 280 cm³/mol. The van der Waals surface area contributed by atoms with Gasteiger partial charge >= 0.3 is 25.8 Å². The van der Waals surface area contributed by atoms with Crippen LogP contribution in [-0.2, 0) is 25.0 Å². The molecule has 0 unspecified atom stereocenters. The highest BCUT2D eigenvalue weighted by atomic mass is 79.9. The number of anilines is 1. The van der Waals surface area contributed by atoms with Gasteiger partial charge in [0.2, 0.25) is 29.3 Å². The molecule has 11 heterocycles. The average molecular weight is 1240 g/mol. The minimum atomic E-state index is -3.16. The van der Waals surface area contributed by atoms with Crippen molar-refractivity contribution in [2.24, 2.45) is 5.73 Å². The highest BCUT2D eigenvalue weighted by molar-refractivity contribution is 9.10. The molecule has 20 nitrogen and oxygen atoms in total. The van der Waals surface area contributed by atoms with Crippen LogP contribution in [0.5, 0.6) is 29.1 Å². The quantitative estimate of drug-likeness (QED) is 0.0676. The second kappa shape index (κ2) is 24.5. The third-order valence-corrected chi connectivity index (χ3v) is 13.9. The van der Waals surface area contributed by atoms with Gasteiger partial charge in [-0.05, 0) is 120 Å². The lowest BCUT2D eigenvalue weighted by Gasteiger charge is -2.41. The molecule has 2 amide bonds. The Morgan fingerprint density at radius 1 is 0.627 bits per heavy atom. The van der Waals surface area contributed by atoms with Gasteiger partial charge in [-0.25, -0.2) is 29.7 Å². The molecular formula is C54H54BrF8N9O11. The van der Waals surface area contributed by atoms with Crippen LogP contribution in [0.4, 0.5) is 40.8 Å². The van der Waals surface area contributed by atoms with E-state index in [0.717, 1.165) is 38.5 Å². The van der Waals surface area contributed by atoms with Gasteiger partial charge in [0.05, 0.1) is 59.6 Å². The molecule has 0 radical (unpaired) electrons. The summed E-state index contributed by atoms with van der Waals surface area (Å²) >= 11 is 3.38. The van der Waals surface area contributed by atoms with Gasteiger partial charge in [-0.2, -0.15) is 35.1 Å². The summed E-state index contributed by atoms with van der Waals surface area (Å²) in [5, 5.41) is 2.54. The molecule has 83 heavy (non-hydrogen) atoms. The number of methoxy groups -OCH3 is 1. The first-order valence-electron chi connectivity index (χ1n) is 25.3. The summed E-state index contributed by atoms with van der Waals surface area (Å²) in [7, 11) is 1.14. The number of halogens is 9. The molecule has 3 N–H and O–H groups in total. The van der Waals surface area contributed by atoms with Gasteiger partial charge in [0.25, 0.3) is 11.8 Å². The summed E-state index contributed by atoms with van der Waals surface area (Å²) in [5.41, 5.74) is 5.88. The Balaban J connectivity index is 0.000000157. The molecular weight excluding hydrogens is 1180 g/mol. The molecule has 0 spiro atoms. The Morgan fingerprint density at radius 2 is 1.04 bits per heavy atom. The summed E-state index contributed by atoms with van der Waals surface area (Å²) in [6.07, 6.45) is 13.6. The average Bonchev–Trinajstić information content (AvgIpc) is 4.34. The highest BCUT2D eigenvalue weighted by Gasteiger charge is 2.62. The molecule has 2 saturated carbocycles. The number of amides is 2. The second-order valence-electron chi connectivity index (χ2n) is 20.6. The zero-order chi connectivity index (χ0) is 60.3. The number of hydrogen-bond acceptors (Lipinski definition) is 16. The Bertz CT molecular complexity index is 3520. The molecule has 6 fully saturated rings. The van der Waals surface area contributed by atoms with Gasteiger partial charge in [0.1, 0.15) is 22.4 Å². The monoisotopic (exact) mass is 1240 g/mol. The minimum Gasteiger partial charge on any atom is -0.487 e. The number of hydrogen-bond donors (Lipinski definition) is 2. The number of nitrogens with two attached hydrogens (primary N) is 1. The number of ether oxygens (including phenoxy) is 8. The van der Waals surface area contributed by atoms with Gasteiger partial charge in [-0.15, -0.1) is 0 Å². The van der Waals surface area contributed by atoms with Crippen molar-refractivity contribution in [3.63, 3.8) is 0 Å². The second-order valence-corrected chi connectivity index (χ2v) is 21.5. The van der Waals surface area contributed by atoms with Crippen LogP contribution < -0.4 is 34.7 Å². The van der Waals surface area contributed by atoms with Gasteiger partial charge in [-0.3, -0.25) is 9.59 Å². The van der Waals surface area contributed by atoms with E-state index in [1.807, 2.05) is 27.0 Å². The molecule has 0 atom stereocenters. The fourth-order valence-corrected chi connectivity index (χ4v) is 10.7. The summed E-state index contributed by atoms with van der Waals surface area (Å²) < 4.78 is 146. The predicted octanol–water partition coefficient (Wildman–Crippen LogP) is 10.4. The van der Waals surface area contributed by atoms with E-state index in [1.54, 1.807) is 30.6 Å². The Morgan fingerprint density at radius 3 is 1.46 bits per heavy atom. The molecule has 4 aliphatic heterocycles. The lowest BCUT2D eigenvalue weighted by Crippen LogP contribution is -2.45. The molecule has 7 aromatic rings. The van der Waals surface area contributed by atoms with E-state index in [0.29, 0.717) is 29.0 Å². The third-order valence-electron chi connectivity index (χ3n) is 13.4. The summed E-state index contributed by atoms with van der Waals surface area (Å²) in [5.74, 6) is -5.02. The molecule has 7 aromatic heterocycles. The molecule has 4 saturated heterocycles. The van der Waals surface area contributed by atoms with Crippen molar-refractivity contribution >= 4 is 50.7 Å². The van der Waals surface area contributed by atoms with Crippen molar-refractivity contribution in [1.29, 1.82) is 0 Å². The van der Waals surface area contributed by atoms with E-state index in [2.05, 4.69) is 72.0 Å². The zero-order valence-electron chi connectivity index (χ0n) is 45.2. The number of esters is 1. The summed E-state index contributed by atoms with van der Waals surface area (Å²) in [6, 6.07) is 8.05. The van der Waals surface area contributed by atoms with Crippen molar-refractivity contribution < 1.29 is 87.4 Å². The number of nitrogens with one attached hydrogen (secondary N) is 1. The number of aromatic nitrogens is 7. The van der Waals surface area contributed by atoms with E-state index in [4.69, 9.17) is 24.7 Å². The first-order chi connectivity index (χ1) is 39.2. The molecule has 13 rings (SSSR count). The van der Waals surface area contributed by atoms with E-state index in [-0.39, 0.29) is 67.7 Å². The molecule has 2 aliphatic carbocycles. The van der Waals surface area contributed by atoms with E-state index in [1.165, 1.54) is 65.6 Å². The van der Waals surface area contributed by atoms with Crippen molar-refractivity contribution in [1.82, 2.24) is 33.7 Å². The molecule has 6 aliphatic rings. The van der Waals surface area contributed by atoms with Crippen LogP contribution in [0.15, 0.2) is 84.2 Å². The topological polar surface area (TPSA) is 236 Å². The maximum atomic E-state index is 15.6. The Labute approximate surface area is 476 Å². The number of rotatable bonds is 16. The SMILES string of the molecule is CC(C)Oc1c(Br)cn2cc(C34COC(C)(C3)C4)nc2c1F.CC(C)Oc1c(NC(=O)c2cccnc2OC(F)F)cn2cc(C34COC(C)(C3)C4)nc2c1F.COC(=O)c1cccnc1OC(F)F.NC(=O)c1cccnc1OC(F)F. The number of fused-ring (bicyclic) bond motifs is 4. The fourth-order valence-electron chi connectivity index (χ4n) is 10.2. The van der Waals surface area contributed by atoms with E-state index < -0.39 is 73.0 Å². The summed E-state index contributed by atoms with van der Waals surface area (Å²) in [4.78, 5) is 54.3. The van der Waals surface area contributed by atoms with Crippen LogP contribution in [0.2, 0.25) is 0 Å². The number of carbonyl (C=O) groups is 3. The number of imidazole rings is 2. The lowest BCUT2D eigenvalue weighted by atomic mass is 9.62. The van der Waals surface area contributed by atoms with E-state index in [9.17, 15) is 45.1 Å². The third kappa shape index (κ3) is 13.5. The van der Waals surface area contributed by atoms with Crippen molar-refractivity contribution in [2.75, 3.05) is 25.6 Å². The number of alkyl halides is 6. The van der Waals surface area contributed by atoms with E-state index >= 15 is 4.39 Å². The Hall–Kier alpha value is -7.92. The van der Waals surface area contributed by atoms with Crippen LogP contribution in [0.1, 0.15) is 110 Å². The number of carbonyl (C=O) groups excluding carboxylic acids is 3. The van der Waals surface area contributed by atoms with Gasteiger partial charge in [0.15, 0.2) is 22.8 Å². The molecule has 0 aromatic carbocycles. The minimum absolute atomic E-state index is 0.0121. The van der Waals surface area contributed by atoms with Crippen LogP contribution >= 0.6 is 15.9 Å². The summed E-state index contributed by atoms with van der Waals surface area (Å²) in [6.45, 7) is 3.33. The van der Waals surface area contributed by atoms with Crippen molar-refractivity contribution in [2.45, 2.75) is 121 Å². The first-order valence-corrected chi connectivity index (χ1v) is 26.1. The smallest absolute Gasteiger partial charge is 0.388 e. The highest BCUT2D eigenvalue weighted by Crippen LogP contribution is 2.59. The standard InChI is InChI=1S/C23H23F3N4O4.C16H18BrFN2O2.C8H7F2NO3.C7H6F2N2O2/c1-12(2)33-17-14(28-19(31)13-5-4-6-27-20(13)34-21(25)26)7-30-8-15(29-18(30)16(17)24)23-9-22(3,10-23)32-11-23;1-9(2)22-13-10(17)4-20-5-11(19-14(20)12(13)18)16-6-15(3,7-16)21-8-16;1-13-7(12)5-3-2-4-11-6(5)14-8(9)10;8-7(9)13-6-4(5(10)12)2-1-3-11-6/h4-8,12,21H,9-11H2,1-3H3,(H,28,31);4-5,9H,6-8H2,1-3H3;2-4,8H,1H3;1-3,7H,(H2,10,12). The fraction of sp³-hybridized carbons (Fsp3) is 0.407. The maximum absolute atomic E-state index is 15.6. The lowest BCUT2D eigenvalue weighted by molar-refractivity contribution is -0.0541. The normalized spacial score (nSPS) is 20.8. The van der Waals surface area contributed by atoms with Crippen LogP contribution in [0, 0.1) is 11.6 Å². The van der Waals surface area contributed by atoms with Crippen LogP contribution in [-0.4, -0.2) is 115 Å². The molecule has 29 heteroatoms. The maximum Gasteiger partial charge on any atom is 0.388 e. The molecule has 4 bridgehead atoms. The van der Waals surface area contributed by atoms with Crippen LogP contribution in [0.25, 0.3) is 11.3 Å². The van der Waals surface area contributed by atoms with Gasteiger partial charge < -0.3 is 57.7 Å². The van der Waals surface area contributed by atoms with Crippen molar-refractivity contribution in [3.05, 3.63) is 124 Å². The van der Waals surface area contributed by atoms with Crippen molar-refractivity contribution in [3.8, 4) is 29.1 Å². The zero-order valence-corrected chi connectivity index (χ0v) is 46.8. The Kier molecular flexibility index (Phi) is 18.1. The van der Waals surface area contributed by atoms with Crippen LogP contribution in [0.3, 0.4) is 0 Å².